The van der Waals surface area contributed by atoms with Gasteiger partial charge in [0.1, 0.15) is 24.7 Å². The predicted octanol–water partition coefficient (Wildman–Crippen LogP) is 4.20. The molecule has 154 valence electrons. The maximum Gasteiger partial charge on any atom is 0.240 e. The van der Waals surface area contributed by atoms with Crippen molar-refractivity contribution in [1.82, 2.24) is 14.9 Å². The topological polar surface area (TPSA) is 65.4 Å². The molecule has 1 heterocycles. The van der Waals surface area contributed by atoms with E-state index in [1.54, 1.807) is 24.3 Å². The minimum atomic E-state index is -0.0644. The Bertz CT molecular complexity index is 938. The van der Waals surface area contributed by atoms with Crippen molar-refractivity contribution in [3.8, 4) is 5.75 Å². The van der Waals surface area contributed by atoms with Gasteiger partial charge in [0.25, 0.3) is 0 Å². The molecule has 3 aromatic rings. The van der Waals surface area contributed by atoms with Gasteiger partial charge in [0.15, 0.2) is 0 Å². The summed E-state index contributed by atoms with van der Waals surface area (Å²) in [5.74, 6) is 1.33. The lowest BCUT2D eigenvalue weighted by Gasteiger charge is -2.12. The molecule has 29 heavy (non-hydrogen) atoms. The Hall–Kier alpha value is -2.57. The lowest BCUT2D eigenvalue weighted by Crippen LogP contribution is -2.30. The summed E-state index contributed by atoms with van der Waals surface area (Å²) in [7, 11) is 0. The molecule has 0 atom stereocenters. The molecular formula is C22H26ClN3O3. The van der Waals surface area contributed by atoms with Gasteiger partial charge in [0.05, 0.1) is 17.1 Å². The molecule has 2 aromatic carbocycles. The first-order valence-electron chi connectivity index (χ1n) is 9.74. The highest BCUT2D eigenvalue weighted by Crippen LogP contribution is 2.20. The Kier molecular flexibility index (Phi) is 7.49. The SMILES string of the molecule is CC(C)OCCCNC(=O)Cn1c(COc2ccc(Cl)cc2)nc2ccccc21. The maximum atomic E-state index is 12.5. The van der Waals surface area contributed by atoms with Crippen molar-refractivity contribution in [2.45, 2.75) is 39.5 Å². The van der Waals surface area contributed by atoms with Gasteiger partial charge in [-0.3, -0.25) is 4.79 Å². The monoisotopic (exact) mass is 415 g/mol. The fourth-order valence-corrected chi connectivity index (χ4v) is 3.04. The van der Waals surface area contributed by atoms with Crippen LogP contribution in [-0.2, 0) is 22.7 Å². The zero-order valence-corrected chi connectivity index (χ0v) is 17.5. The highest BCUT2D eigenvalue weighted by molar-refractivity contribution is 6.30. The number of hydrogen-bond donors (Lipinski definition) is 1. The molecule has 1 amide bonds. The van der Waals surface area contributed by atoms with Crippen LogP contribution in [0.2, 0.25) is 5.02 Å². The zero-order chi connectivity index (χ0) is 20.6. The van der Waals surface area contributed by atoms with Gasteiger partial charge in [-0.25, -0.2) is 4.98 Å². The van der Waals surface area contributed by atoms with Crippen LogP contribution in [0.1, 0.15) is 26.1 Å². The number of nitrogens with one attached hydrogen (secondary N) is 1. The second-order valence-corrected chi connectivity index (χ2v) is 7.40. The molecule has 6 nitrogen and oxygen atoms in total. The van der Waals surface area contributed by atoms with Gasteiger partial charge in [0, 0.05) is 18.2 Å². The van der Waals surface area contributed by atoms with E-state index in [4.69, 9.17) is 21.1 Å². The fourth-order valence-electron chi connectivity index (χ4n) is 2.91. The van der Waals surface area contributed by atoms with E-state index in [9.17, 15) is 4.79 Å². The van der Waals surface area contributed by atoms with E-state index in [1.807, 2.05) is 42.7 Å². The van der Waals surface area contributed by atoms with Gasteiger partial charge >= 0.3 is 0 Å². The van der Waals surface area contributed by atoms with Crippen LogP contribution in [0.3, 0.4) is 0 Å². The maximum absolute atomic E-state index is 12.5. The van der Waals surface area contributed by atoms with Crippen molar-refractivity contribution in [3.05, 3.63) is 59.4 Å². The summed E-state index contributed by atoms with van der Waals surface area (Å²) in [6.07, 6.45) is 0.979. The van der Waals surface area contributed by atoms with Crippen molar-refractivity contribution in [2.75, 3.05) is 13.2 Å². The Morgan fingerprint density at radius 1 is 1.17 bits per heavy atom. The van der Waals surface area contributed by atoms with E-state index < -0.39 is 0 Å². The van der Waals surface area contributed by atoms with Crippen molar-refractivity contribution in [1.29, 1.82) is 0 Å². The molecule has 1 N–H and O–H groups in total. The van der Waals surface area contributed by atoms with Crippen molar-refractivity contribution < 1.29 is 14.3 Å². The summed E-state index contributed by atoms with van der Waals surface area (Å²) in [5, 5.41) is 3.60. The Morgan fingerprint density at radius 2 is 1.93 bits per heavy atom. The molecular weight excluding hydrogens is 390 g/mol. The van der Waals surface area contributed by atoms with Crippen LogP contribution < -0.4 is 10.1 Å². The number of para-hydroxylation sites is 2. The summed E-state index contributed by atoms with van der Waals surface area (Å²) in [6.45, 7) is 5.64. The van der Waals surface area contributed by atoms with Crippen molar-refractivity contribution in [3.63, 3.8) is 0 Å². The van der Waals surface area contributed by atoms with Crippen LogP contribution in [0, 0.1) is 0 Å². The third-order valence-corrected chi connectivity index (χ3v) is 4.56. The molecule has 0 spiro atoms. The molecule has 3 rings (SSSR count). The van der Waals surface area contributed by atoms with Crippen LogP contribution in [0.25, 0.3) is 11.0 Å². The number of aromatic nitrogens is 2. The second kappa shape index (κ2) is 10.3. The quantitative estimate of drug-likeness (QED) is 0.504. The number of rotatable bonds is 10. The summed E-state index contributed by atoms with van der Waals surface area (Å²) in [6, 6.07) is 14.9. The van der Waals surface area contributed by atoms with Crippen LogP contribution in [0.5, 0.6) is 5.75 Å². The Balaban J connectivity index is 1.64. The van der Waals surface area contributed by atoms with Gasteiger partial charge in [-0.2, -0.15) is 0 Å². The lowest BCUT2D eigenvalue weighted by molar-refractivity contribution is -0.121. The minimum Gasteiger partial charge on any atom is -0.486 e. The number of hydrogen-bond acceptors (Lipinski definition) is 4. The lowest BCUT2D eigenvalue weighted by atomic mass is 10.3. The van der Waals surface area contributed by atoms with Gasteiger partial charge in [-0.15, -0.1) is 0 Å². The molecule has 0 radical (unpaired) electrons. The number of benzene rings is 2. The molecule has 1 aromatic heterocycles. The zero-order valence-electron chi connectivity index (χ0n) is 16.7. The van der Waals surface area contributed by atoms with Crippen LogP contribution in [0.15, 0.2) is 48.5 Å². The largest absolute Gasteiger partial charge is 0.486 e. The number of nitrogens with zero attached hydrogens (tertiary/aromatic N) is 2. The number of fused-ring (bicyclic) bond motifs is 1. The molecule has 0 saturated carbocycles. The average molecular weight is 416 g/mol. The third-order valence-electron chi connectivity index (χ3n) is 4.31. The Labute approximate surface area is 175 Å². The highest BCUT2D eigenvalue weighted by Gasteiger charge is 2.14. The first-order valence-corrected chi connectivity index (χ1v) is 10.1. The summed E-state index contributed by atoms with van der Waals surface area (Å²) in [5.41, 5.74) is 1.74. The van der Waals surface area contributed by atoms with Gasteiger partial charge < -0.3 is 19.4 Å². The van der Waals surface area contributed by atoms with E-state index in [0.29, 0.717) is 29.7 Å². The van der Waals surface area contributed by atoms with E-state index >= 15 is 0 Å². The van der Waals surface area contributed by atoms with E-state index in [0.717, 1.165) is 17.5 Å². The molecule has 0 aliphatic heterocycles. The van der Waals surface area contributed by atoms with Crippen molar-refractivity contribution >= 4 is 28.5 Å². The van der Waals surface area contributed by atoms with E-state index in [2.05, 4.69) is 10.3 Å². The standard InChI is InChI=1S/C22H26ClN3O3/c1-16(2)28-13-5-12-24-22(27)14-26-20-7-4-3-6-19(20)25-21(26)15-29-18-10-8-17(23)9-11-18/h3-4,6-11,16H,5,12-15H2,1-2H3,(H,24,27). The van der Waals surface area contributed by atoms with Gasteiger partial charge in [-0.05, 0) is 56.7 Å². The van der Waals surface area contributed by atoms with Crippen LogP contribution >= 0.6 is 11.6 Å². The molecule has 0 bridgehead atoms. The normalized spacial score (nSPS) is 11.2. The van der Waals surface area contributed by atoms with Crippen LogP contribution in [-0.4, -0.2) is 34.7 Å². The molecule has 0 fully saturated rings. The average Bonchev–Trinajstić information content (AvgIpc) is 3.04. The number of carbonyl (C=O) groups excluding carboxylic acids is 1. The minimum absolute atomic E-state index is 0.0644. The number of amides is 1. The summed E-state index contributed by atoms with van der Waals surface area (Å²) >= 11 is 5.92. The summed E-state index contributed by atoms with van der Waals surface area (Å²) < 4.78 is 13.2. The van der Waals surface area contributed by atoms with E-state index in [1.165, 1.54) is 0 Å². The molecule has 0 saturated heterocycles. The number of halogens is 1. The molecule has 7 heteroatoms. The first-order chi connectivity index (χ1) is 14.0. The van der Waals surface area contributed by atoms with Gasteiger partial charge in [-0.1, -0.05) is 23.7 Å². The predicted molar refractivity (Wildman–Crippen MR) is 114 cm³/mol. The Morgan fingerprint density at radius 3 is 2.69 bits per heavy atom. The fraction of sp³-hybridized carbons (Fsp3) is 0.364. The molecule has 0 unspecified atom stereocenters. The van der Waals surface area contributed by atoms with Crippen molar-refractivity contribution in [2.24, 2.45) is 0 Å². The molecule has 0 aliphatic rings. The smallest absolute Gasteiger partial charge is 0.240 e. The highest BCUT2D eigenvalue weighted by atomic mass is 35.5. The first kappa shape index (κ1) is 21.1. The third kappa shape index (κ3) is 6.21. The van der Waals surface area contributed by atoms with Gasteiger partial charge in [0.2, 0.25) is 5.91 Å². The number of imidazole rings is 1. The van der Waals surface area contributed by atoms with E-state index in [-0.39, 0.29) is 25.2 Å². The second-order valence-electron chi connectivity index (χ2n) is 6.97. The molecule has 0 aliphatic carbocycles. The summed E-state index contributed by atoms with van der Waals surface area (Å²) in [4.78, 5) is 17.1. The number of carbonyl (C=O) groups is 1. The van der Waals surface area contributed by atoms with Crippen LogP contribution in [0.4, 0.5) is 0 Å². The number of ether oxygens (including phenoxy) is 2.